The Morgan fingerprint density at radius 2 is 1.53 bits per heavy atom. The highest BCUT2D eigenvalue weighted by Gasteiger charge is 2.54. The van der Waals surface area contributed by atoms with Gasteiger partial charge in [0.2, 0.25) is 5.91 Å². The van der Waals surface area contributed by atoms with Crippen molar-refractivity contribution in [3.8, 4) is 11.5 Å². The Kier molecular flexibility index (Phi) is 15.2. The number of carbonyl (C=O) groups excluding carboxylic acids is 4. The number of fused-ring (bicyclic) bond motifs is 1. The summed E-state index contributed by atoms with van der Waals surface area (Å²) >= 11 is 0. The van der Waals surface area contributed by atoms with Crippen LogP contribution in [0, 0.1) is 12.7 Å². The number of carbonyl (C=O) groups is 4. The number of phenolic OH excluding ortho intramolecular Hbond substituents is 1. The number of aromatic hydroxyl groups is 1. The van der Waals surface area contributed by atoms with Gasteiger partial charge in [0.15, 0.2) is 12.4 Å². The summed E-state index contributed by atoms with van der Waals surface area (Å²) in [6, 6.07) is 8.89. The molecule has 51 heavy (non-hydrogen) atoms. The first-order valence-electron chi connectivity index (χ1n) is 16.4. The largest absolute Gasteiger partial charge is 0.506 e. The quantitative estimate of drug-likeness (QED) is 0.0929. The molecule has 2 aromatic carbocycles. The van der Waals surface area contributed by atoms with Crippen molar-refractivity contribution in [2.75, 3.05) is 44.6 Å². The highest BCUT2D eigenvalue weighted by molar-refractivity contribution is 6.41. The minimum atomic E-state index is -5.77. The number of hydrogen-bond acceptors (Lipinski definition) is 8. The number of amides is 2. The van der Waals surface area contributed by atoms with E-state index in [0.717, 1.165) is 36.9 Å². The van der Waals surface area contributed by atoms with Crippen LogP contribution in [0.5, 0.6) is 11.5 Å². The number of hydrogen-bond donors (Lipinski definition) is 4. The van der Waals surface area contributed by atoms with Crippen LogP contribution in [0.25, 0.3) is 0 Å². The van der Waals surface area contributed by atoms with Crippen LogP contribution in [-0.4, -0.2) is 91.1 Å². The molecule has 1 saturated carbocycles. The maximum atomic E-state index is 13.5. The topological polar surface area (TPSA) is 137 Å². The fourth-order valence-corrected chi connectivity index (χ4v) is 5.68. The van der Waals surface area contributed by atoms with E-state index in [4.69, 9.17) is 4.74 Å². The molecule has 0 atom stereocenters. The molecule has 0 bridgehead atoms. The summed E-state index contributed by atoms with van der Waals surface area (Å²) in [4.78, 5) is 46.1. The summed E-state index contributed by atoms with van der Waals surface area (Å²) < 4.78 is 86.0. The maximum Gasteiger partial charge on any atom is 0.458 e. The van der Waals surface area contributed by atoms with Crippen molar-refractivity contribution in [3.63, 3.8) is 0 Å². The van der Waals surface area contributed by atoms with Crippen LogP contribution >= 0.6 is 0 Å². The Labute approximate surface area is 290 Å². The van der Waals surface area contributed by atoms with Gasteiger partial charge in [-0.15, -0.1) is 0 Å². The second-order valence-electron chi connectivity index (χ2n) is 12.2. The molecule has 0 radical (unpaired) electrons. The number of Topliss-reactive ketones (excluding diaryl/α,β-unsaturated/α-hetero) is 2. The van der Waals surface area contributed by atoms with Crippen molar-refractivity contribution >= 4 is 29.1 Å². The van der Waals surface area contributed by atoms with Gasteiger partial charge in [0.05, 0.1) is 0 Å². The van der Waals surface area contributed by atoms with Gasteiger partial charge in [-0.2, -0.15) is 26.3 Å². The molecule has 1 aliphatic heterocycles. The Bertz CT molecular complexity index is 1500. The van der Waals surface area contributed by atoms with Crippen LogP contribution < -0.4 is 20.7 Å². The molecule has 17 heteroatoms. The molecule has 0 aromatic heterocycles. The van der Waals surface area contributed by atoms with Crippen molar-refractivity contribution < 1.29 is 59.8 Å². The minimum absolute atomic E-state index is 0.00330. The van der Waals surface area contributed by atoms with Gasteiger partial charge < -0.3 is 30.7 Å². The molecule has 0 spiro atoms. The highest BCUT2D eigenvalue weighted by Crippen LogP contribution is 2.39. The molecule has 2 aliphatic rings. The summed E-state index contributed by atoms with van der Waals surface area (Å²) in [5, 5.41) is 19.5. The normalized spacial score (nSPS) is 14.8. The Balaban J connectivity index is 0.000000501. The van der Waals surface area contributed by atoms with E-state index in [1.807, 2.05) is 18.2 Å². The summed E-state index contributed by atoms with van der Waals surface area (Å²) in [6.07, 6.45) is -3.92. The lowest BCUT2D eigenvalue weighted by molar-refractivity contribution is -0.193. The molecule has 4 rings (SSSR count). The third-order valence-corrected chi connectivity index (χ3v) is 8.32. The van der Waals surface area contributed by atoms with E-state index in [9.17, 15) is 55.0 Å². The average Bonchev–Trinajstić information content (AvgIpc) is 3.08. The number of nitrogens with one attached hydrogen (secondary N) is 3. The molecule has 2 amide bonds. The van der Waals surface area contributed by atoms with E-state index in [2.05, 4.69) is 20.9 Å². The number of benzene rings is 2. The number of anilines is 1. The summed E-state index contributed by atoms with van der Waals surface area (Å²) in [5.74, 6) is -6.57. The summed E-state index contributed by atoms with van der Waals surface area (Å²) in [6.45, 7) is 5.13. The van der Waals surface area contributed by atoms with Crippen molar-refractivity contribution in [2.24, 2.45) is 0 Å². The van der Waals surface area contributed by atoms with Crippen LogP contribution in [0.15, 0.2) is 30.3 Å². The molecule has 2 aromatic rings. The lowest BCUT2D eigenvalue weighted by Crippen LogP contribution is -2.45. The summed E-state index contributed by atoms with van der Waals surface area (Å²) in [7, 11) is 0. The monoisotopic (exact) mass is 734 g/mol. The number of ether oxygens (including phenoxy) is 1. The van der Waals surface area contributed by atoms with E-state index in [-0.39, 0.29) is 30.0 Å². The number of nitrogens with zero attached hydrogens (tertiary/aromatic N) is 1. The van der Waals surface area contributed by atoms with Gasteiger partial charge in [0.25, 0.3) is 5.91 Å². The molecule has 1 fully saturated rings. The maximum absolute atomic E-state index is 13.5. The van der Waals surface area contributed by atoms with Crippen LogP contribution in [-0.2, 0) is 32.0 Å². The first kappa shape index (κ1) is 41.2. The van der Waals surface area contributed by atoms with E-state index in [1.165, 1.54) is 25.3 Å². The lowest BCUT2D eigenvalue weighted by atomic mass is 9.94. The fourth-order valence-electron chi connectivity index (χ4n) is 5.68. The fraction of sp³-hybridized carbons (Fsp3) is 0.529. The molecule has 0 unspecified atom stereocenters. The minimum Gasteiger partial charge on any atom is -0.506 e. The summed E-state index contributed by atoms with van der Waals surface area (Å²) in [5.41, 5.74) is 2.99. The molecule has 0 saturated heterocycles. The van der Waals surface area contributed by atoms with Gasteiger partial charge >= 0.3 is 23.9 Å². The Hall–Kier alpha value is -4.25. The number of rotatable bonds is 14. The molecular weight excluding hydrogens is 693 g/mol. The second kappa shape index (κ2) is 18.8. The standard InChI is InChI=1S/C30H41FN4O4.C4F6O2/c1-21-19-22(7-9-25(21)31)11-14-32-16-13-28(38)35(24-5-3-2-4-6-24)18-17-33-15-12-23-8-10-26(36)29-30(23)39-20-27(37)34-29;5-3(6,7)1(11)2(12)4(8,9)10/h7-10,19,24,32-33,36H,2-6,11-18,20H2,1H3,(H,34,37);. The molecule has 1 aliphatic carbocycles. The van der Waals surface area contributed by atoms with E-state index >= 15 is 0 Å². The van der Waals surface area contributed by atoms with Crippen molar-refractivity contribution in [1.82, 2.24) is 15.5 Å². The molecule has 4 N–H and O–H groups in total. The van der Waals surface area contributed by atoms with Gasteiger partial charge in [0.1, 0.15) is 17.3 Å². The number of halogens is 7. The number of phenols is 1. The SMILES string of the molecule is Cc1cc(CCNCCC(=O)N(CCNCCc2ccc(O)c3c2OCC(=O)N3)C2CCCCC2)ccc1F.O=C(C(=O)C(F)(F)F)C(F)(F)F. The number of ketones is 2. The predicted octanol–water partition coefficient (Wildman–Crippen LogP) is 4.94. The zero-order chi connectivity index (χ0) is 37.8. The predicted molar refractivity (Wildman–Crippen MR) is 172 cm³/mol. The second-order valence-corrected chi connectivity index (χ2v) is 12.2. The van der Waals surface area contributed by atoms with E-state index in [0.29, 0.717) is 62.1 Å². The third kappa shape index (κ3) is 12.8. The first-order chi connectivity index (χ1) is 24.0. The van der Waals surface area contributed by atoms with E-state index in [1.54, 1.807) is 13.0 Å². The van der Waals surface area contributed by atoms with Gasteiger partial charge in [-0.3, -0.25) is 19.2 Å². The van der Waals surface area contributed by atoms with Crippen LogP contribution in [0.3, 0.4) is 0 Å². The Morgan fingerprint density at radius 3 is 2.16 bits per heavy atom. The van der Waals surface area contributed by atoms with Crippen LogP contribution in [0.1, 0.15) is 55.2 Å². The van der Waals surface area contributed by atoms with Crippen LogP contribution in [0.4, 0.5) is 36.4 Å². The molecule has 1 heterocycles. The zero-order valence-corrected chi connectivity index (χ0v) is 27.9. The first-order valence-corrected chi connectivity index (χ1v) is 16.4. The number of alkyl halides is 6. The van der Waals surface area contributed by atoms with Crippen molar-refractivity contribution in [3.05, 3.63) is 52.8 Å². The van der Waals surface area contributed by atoms with Gasteiger partial charge in [0, 0.05) is 32.1 Å². The van der Waals surface area contributed by atoms with Crippen molar-refractivity contribution in [1.29, 1.82) is 0 Å². The molecule has 10 nitrogen and oxygen atoms in total. The zero-order valence-electron chi connectivity index (χ0n) is 27.9. The smallest absolute Gasteiger partial charge is 0.458 e. The molecular formula is C34H41F7N4O6. The van der Waals surface area contributed by atoms with Gasteiger partial charge in [-0.25, -0.2) is 4.39 Å². The van der Waals surface area contributed by atoms with Gasteiger partial charge in [-0.05, 0) is 74.5 Å². The Morgan fingerprint density at radius 1 is 0.902 bits per heavy atom. The van der Waals surface area contributed by atoms with Gasteiger partial charge in [-0.1, -0.05) is 37.5 Å². The number of aryl methyl sites for hydroxylation is 1. The molecule has 282 valence electrons. The van der Waals surface area contributed by atoms with Crippen molar-refractivity contribution in [2.45, 2.75) is 76.7 Å². The van der Waals surface area contributed by atoms with Crippen LogP contribution in [0.2, 0.25) is 0 Å². The third-order valence-electron chi connectivity index (χ3n) is 8.32. The lowest BCUT2D eigenvalue weighted by Gasteiger charge is -2.34. The average molecular weight is 735 g/mol. The highest BCUT2D eigenvalue weighted by atomic mass is 19.4. The van der Waals surface area contributed by atoms with E-state index < -0.39 is 23.9 Å².